The van der Waals surface area contributed by atoms with E-state index in [1.807, 2.05) is 17.2 Å². The maximum absolute atomic E-state index is 12.8. The quantitative estimate of drug-likeness (QED) is 0.802. The SMILES string of the molecule is O=C(c1ccc2c(c1)OCO2)N1CCN(c2ccnc(N3CCCC3)n2)CC1. The molecular weight excluding hydrogens is 358 g/mol. The summed E-state index contributed by atoms with van der Waals surface area (Å²) in [6, 6.07) is 7.32. The molecule has 146 valence electrons. The van der Waals surface area contributed by atoms with Gasteiger partial charge in [-0.2, -0.15) is 4.98 Å². The van der Waals surface area contributed by atoms with Crippen LogP contribution in [0.25, 0.3) is 0 Å². The third-order valence-electron chi connectivity index (χ3n) is 5.53. The fraction of sp³-hybridized carbons (Fsp3) is 0.450. The lowest BCUT2D eigenvalue weighted by molar-refractivity contribution is 0.0746. The molecule has 1 aromatic carbocycles. The van der Waals surface area contributed by atoms with Crippen molar-refractivity contribution in [3.05, 3.63) is 36.0 Å². The zero-order chi connectivity index (χ0) is 18.9. The number of anilines is 2. The van der Waals surface area contributed by atoms with Gasteiger partial charge in [0, 0.05) is 51.0 Å². The van der Waals surface area contributed by atoms with Crippen molar-refractivity contribution >= 4 is 17.7 Å². The highest BCUT2D eigenvalue weighted by molar-refractivity contribution is 5.95. The molecule has 0 N–H and O–H groups in total. The molecule has 1 aromatic heterocycles. The standard InChI is InChI=1S/C20H23N5O3/c26-19(15-3-4-16-17(13-15)28-14-27-16)24-11-9-23(10-12-24)18-5-6-21-20(22-18)25-7-1-2-8-25/h3-6,13H,1-2,7-12,14H2. The Morgan fingerprint density at radius 1 is 0.893 bits per heavy atom. The molecule has 2 saturated heterocycles. The van der Waals surface area contributed by atoms with Crippen LogP contribution in [0.2, 0.25) is 0 Å². The molecule has 8 nitrogen and oxygen atoms in total. The highest BCUT2D eigenvalue weighted by Crippen LogP contribution is 2.33. The van der Waals surface area contributed by atoms with E-state index in [1.54, 1.807) is 18.2 Å². The van der Waals surface area contributed by atoms with Crippen molar-refractivity contribution < 1.29 is 14.3 Å². The molecule has 0 atom stereocenters. The van der Waals surface area contributed by atoms with Gasteiger partial charge in [-0.05, 0) is 37.1 Å². The summed E-state index contributed by atoms with van der Waals surface area (Å²) >= 11 is 0. The zero-order valence-electron chi connectivity index (χ0n) is 15.7. The van der Waals surface area contributed by atoms with Crippen LogP contribution in [0.5, 0.6) is 11.5 Å². The minimum atomic E-state index is 0.0263. The molecule has 8 heteroatoms. The van der Waals surface area contributed by atoms with Crippen molar-refractivity contribution in [2.75, 3.05) is 55.9 Å². The smallest absolute Gasteiger partial charge is 0.254 e. The number of benzene rings is 1. The lowest BCUT2D eigenvalue weighted by Crippen LogP contribution is -2.49. The van der Waals surface area contributed by atoms with E-state index in [0.29, 0.717) is 30.2 Å². The molecule has 0 radical (unpaired) electrons. The van der Waals surface area contributed by atoms with Gasteiger partial charge >= 0.3 is 0 Å². The monoisotopic (exact) mass is 381 g/mol. The molecule has 1 amide bonds. The number of ether oxygens (including phenoxy) is 2. The first-order valence-corrected chi connectivity index (χ1v) is 9.80. The number of rotatable bonds is 3. The maximum atomic E-state index is 12.8. The number of piperazine rings is 1. The van der Waals surface area contributed by atoms with E-state index in [4.69, 9.17) is 14.5 Å². The molecule has 0 aliphatic carbocycles. The number of nitrogens with zero attached hydrogens (tertiary/aromatic N) is 5. The Balaban J connectivity index is 1.24. The molecule has 2 aromatic rings. The Kier molecular flexibility index (Phi) is 4.38. The van der Waals surface area contributed by atoms with Gasteiger partial charge in [-0.1, -0.05) is 0 Å². The van der Waals surface area contributed by atoms with Crippen LogP contribution >= 0.6 is 0 Å². The Morgan fingerprint density at radius 2 is 1.68 bits per heavy atom. The summed E-state index contributed by atoms with van der Waals surface area (Å²) in [4.78, 5) is 28.4. The van der Waals surface area contributed by atoms with Crippen LogP contribution in [-0.2, 0) is 0 Å². The fourth-order valence-electron chi connectivity index (χ4n) is 3.94. The van der Waals surface area contributed by atoms with Crippen molar-refractivity contribution in [3.63, 3.8) is 0 Å². The number of carbonyl (C=O) groups is 1. The van der Waals surface area contributed by atoms with Gasteiger partial charge in [0.25, 0.3) is 5.91 Å². The second-order valence-electron chi connectivity index (χ2n) is 7.26. The van der Waals surface area contributed by atoms with Crippen LogP contribution in [0.4, 0.5) is 11.8 Å². The number of hydrogen-bond donors (Lipinski definition) is 0. The highest BCUT2D eigenvalue weighted by atomic mass is 16.7. The first-order valence-electron chi connectivity index (χ1n) is 9.80. The average Bonchev–Trinajstić information content (AvgIpc) is 3.45. The predicted octanol–water partition coefficient (Wildman–Crippen LogP) is 1.77. The zero-order valence-corrected chi connectivity index (χ0v) is 15.7. The average molecular weight is 381 g/mol. The predicted molar refractivity (Wildman–Crippen MR) is 104 cm³/mol. The first-order chi connectivity index (χ1) is 13.8. The second-order valence-corrected chi connectivity index (χ2v) is 7.26. The Bertz CT molecular complexity index is 876. The van der Waals surface area contributed by atoms with Gasteiger partial charge in [-0.15, -0.1) is 0 Å². The van der Waals surface area contributed by atoms with Gasteiger partial charge in [0.1, 0.15) is 5.82 Å². The van der Waals surface area contributed by atoms with Gasteiger partial charge in [0.15, 0.2) is 11.5 Å². The summed E-state index contributed by atoms with van der Waals surface area (Å²) < 4.78 is 10.7. The van der Waals surface area contributed by atoms with E-state index in [1.165, 1.54) is 12.8 Å². The number of hydrogen-bond acceptors (Lipinski definition) is 7. The topological polar surface area (TPSA) is 71.0 Å². The normalized spacial score (nSPS) is 18.6. The van der Waals surface area contributed by atoms with Crippen LogP contribution in [0.3, 0.4) is 0 Å². The fourth-order valence-corrected chi connectivity index (χ4v) is 3.94. The van der Waals surface area contributed by atoms with Crippen LogP contribution in [-0.4, -0.2) is 66.8 Å². The van der Waals surface area contributed by atoms with Crippen molar-refractivity contribution in [1.29, 1.82) is 0 Å². The number of amides is 1. The lowest BCUT2D eigenvalue weighted by Gasteiger charge is -2.35. The van der Waals surface area contributed by atoms with E-state index in [-0.39, 0.29) is 12.7 Å². The summed E-state index contributed by atoms with van der Waals surface area (Å²) in [7, 11) is 0. The van der Waals surface area contributed by atoms with Crippen molar-refractivity contribution in [1.82, 2.24) is 14.9 Å². The highest BCUT2D eigenvalue weighted by Gasteiger charge is 2.25. The van der Waals surface area contributed by atoms with Crippen LogP contribution in [0, 0.1) is 0 Å². The third-order valence-corrected chi connectivity index (χ3v) is 5.53. The molecule has 0 saturated carbocycles. The molecule has 4 heterocycles. The minimum Gasteiger partial charge on any atom is -0.454 e. The van der Waals surface area contributed by atoms with Crippen LogP contribution in [0.1, 0.15) is 23.2 Å². The summed E-state index contributed by atoms with van der Waals surface area (Å²) in [6.45, 7) is 5.11. The molecule has 0 unspecified atom stereocenters. The van der Waals surface area contributed by atoms with Gasteiger partial charge in [-0.25, -0.2) is 4.98 Å². The van der Waals surface area contributed by atoms with E-state index in [2.05, 4.69) is 14.8 Å². The number of aromatic nitrogens is 2. The second kappa shape index (κ2) is 7.18. The first kappa shape index (κ1) is 17.1. The van der Waals surface area contributed by atoms with E-state index in [0.717, 1.165) is 37.9 Å². The summed E-state index contributed by atoms with van der Waals surface area (Å²) in [5, 5.41) is 0. The Morgan fingerprint density at radius 3 is 2.50 bits per heavy atom. The van der Waals surface area contributed by atoms with Crippen molar-refractivity contribution in [3.8, 4) is 11.5 Å². The van der Waals surface area contributed by atoms with Crippen LogP contribution < -0.4 is 19.3 Å². The third kappa shape index (κ3) is 3.19. The molecular formula is C20H23N5O3. The van der Waals surface area contributed by atoms with Gasteiger partial charge in [0.2, 0.25) is 12.7 Å². The van der Waals surface area contributed by atoms with Gasteiger partial charge in [-0.3, -0.25) is 4.79 Å². The van der Waals surface area contributed by atoms with Gasteiger partial charge in [0.05, 0.1) is 0 Å². The molecule has 28 heavy (non-hydrogen) atoms. The number of carbonyl (C=O) groups excluding carboxylic acids is 1. The molecule has 3 aliphatic heterocycles. The Labute approximate surface area is 163 Å². The molecule has 2 fully saturated rings. The van der Waals surface area contributed by atoms with Gasteiger partial charge < -0.3 is 24.2 Å². The molecule has 0 bridgehead atoms. The molecule has 3 aliphatic rings. The lowest BCUT2D eigenvalue weighted by atomic mass is 10.1. The molecule has 5 rings (SSSR count). The molecule has 0 spiro atoms. The van der Waals surface area contributed by atoms with Crippen molar-refractivity contribution in [2.45, 2.75) is 12.8 Å². The summed E-state index contributed by atoms with van der Waals surface area (Å²) in [5.74, 6) is 3.11. The van der Waals surface area contributed by atoms with Crippen molar-refractivity contribution in [2.24, 2.45) is 0 Å². The van der Waals surface area contributed by atoms with Crippen LogP contribution in [0.15, 0.2) is 30.5 Å². The summed E-state index contributed by atoms with van der Waals surface area (Å²) in [6.07, 6.45) is 4.24. The Hall–Kier alpha value is -3.03. The minimum absolute atomic E-state index is 0.0263. The van der Waals surface area contributed by atoms with E-state index in [9.17, 15) is 4.79 Å². The summed E-state index contributed by atoms with van der Waals surface area (Å²) in [5.41, 5.74) is 0.635. The largest absolute Gasteiger partial charge is 0.454 e. The maximum Gasteiger partial charge on any atom is 0.254 e. The van der Waals surface area contributed by atoms with E-state index >= 15 is 0 Å². The number of fused-ring (bicyclic) bond motifs is 1. The van der Waals surface area contributed by atoms with E-state index < -0.39 is 0 Å².